The van der Waals surface area contributed by atoms with Crippen molar-refractivity contribution >= 4 is 0 Å². The number of ether oxygens (including phenoxy) is 1. The van der Waals surface area contributed by atoms with E-state index in [9.17, 15) is 9.90 Å². The highest BCUT2D eigenvalue weighted by molar-refractivity contribution is 5.30. The third-order valence-electron chi connectivity index (χ3n) is 9.51. The Balaban J connectivity index is 1.31. The molecule has 146 valence electrons. The Bertz CT molecular complexity index is 796. The van der Waals surface area contributed by atoms with Crippen molar-refractivity contribution in [2.24, 2.45) is 29.1 Å². The van der Waals surface area contributed by atoms with Crippen LogP contribution in [0.1, 0.15) is 69.8 Å². The van der Waals surface area contributed by atoms with Crippen LogP contribution in [-0.4, -0.2) is 22.9 Å². The van der Waals surface area contributed by atoms with Gasteiger partial charge in [0.2, 0.25) is 0 Å². The van der Waals surface area contributed by atoms with Gasteiger partial charge < -0.3 is 14.3 Å². The Morgan fingerprint density at radius 2 is 1.85 bits per heavy atom. The molecule has 1 saturated heterocycles. The molecule has 4 heteroatoms. The standard InChI is InChI=1S/C23H30O4/c1-22-9-8-15(24)10-14(22)3-4-19-18(22)6-5-17-16(11-20-23(17,19)27-20)13-2-7-21(25)26-12-13/h2,7,12,14-20,24H,3-6,8-11H2,1H3/t14-,15+,16-,17-,18+,19-,20-,22+,23-/m1/s1. The summed E-state index contributed by atoms with van der Waals surface area (Å²) in [5.74, 6) is 3.17. The van der Waals surface area contributed by atoms with Gasteiger partial charge in [-0.2, -0.15) is 0 Å². The van der Waals surface area contributed by atoms with Crippen LogP contribution in [0.25, 0.3) is 0 Å². The second-order valence-corrected chi connectivity index (χ2v) is 10.3. The molecule has 0 radical (unpaired) electrons. The summed E-state index contributed by atoms with van der Waals surface area (Å²) in [6.07, 6.45) is 11.3. The van der Waals surface area contributed by atoms with Crippen LogP contribution in [0.3, 0.4) is 0 Å². The first kappa shape index (κ1) is 16.8. The quantitative estimate of drug-likeness (QED) is 0.762. The number of hydrogen-bond acceptors (Lipinski definition) is 4. The van der Waals surface area contributed by atoms with E-state index in [1.165, 1.54) is 37.7 Å². The molecule has 4 aliphatic carbocycles. The highest BCUT2D eigenvalue weighted by Crippen LogP contribution is 2.73. The monoisotopic (exact) mass is 370 g/mol. The molecule has 1 aliphatic heterocycles. The second-order valence-electron chi connectivity index (χ2n) is 10.3. The van der Waals surface area contributed by atoms with Gasteiger partial charge in [-0.05, 0) is 98.0 Å². The minimum absolute atomic E-state index is 0.0809. The number of fused-ring (bicyclic) bond motifs is 3. The van der Waals surface area contributed by atoms with E-state index < -0.39 is 0 Å². The van der Waals surface area contributed by atoms with Crippen molar-refractivity contribution in [3.63, 3.8) is 0 Å². The molecule has 9 atom stereocenters. The summed E-state index contributed by atoms with van der Waals surface area (Å²) in [4.78, 5) is 11.4. The lowest BCUT2D eigenvalue weighted by molar-refractivity contribution is -0.118. The van der Waals surface area contributed by atoms with Gasteiger partial charge in [0.05, 0.1) is 18.5 Å². The minimum Gasteiger partial charge on any atom is -0.431 e. The Hall–Kier alpha value is -1.13. The summed E-state index contributed by atoms with van der Waals surface area (Å²) < 4.78 is 11.7. The summed E-state index contributed by atoms with van der Waals surface area (Å²) in [5, 5.41) is 10.2. The normalized spacial score (nSPS) is 53.0. The molecule has 27 heavy (non-hydrogen) atoms. The van der Waals surface area contributed by atoms with Gasteiger partial charge in [0.25, 0.3) is 0 Å². The lowest BCUT2D eigenvalue weighted by Crippen LogP contribution is -2.55. The first-order chi connectivity index (χ1) is 13.0. The summed E-state index contributed by atoms with van der Waals surface area (Å²) in [6, 6.07) is 3.54. The smallest absolute Gasteiger partial charge is 0.335 e. The molecule has 6 rings (SSSR count). The zero-order valence-corrected chi connectivity index (χ0v) is 16.1. The predicted octanol–water partition coefficient (Wildman–Crippen LogP) is 3.87. The lowest BCUT2D eigenvalue weighted by atomic mass is 9.46. The van der Waals surface area contributed by atoms with Crippen molar-refractivity contribution < 1.29 is 14.3 Å². The maximum absolute atomic E-state index is 11.4. The van der Waals surface area contributed by atoms with E-state index in [1.54, 1.807) is 12.3 Å². The first-order valence-corrected chi connectivity index (χ1v) is 11.0. The molecule has 1 aromatic heterocycles. The zero-order chi connectivity index (χ0) is 18.4. The molecule has 4 nitrogen and oxygen atoms in total. The van der Waals surface area contributed by atoms with Gasteiger partial charge >= 0.3 is 5.63 Å². The largest absolute Gasteiger partial charge is 0.431 e. The molecule has 0 amide bonds. The average Bonchev–Trinajstić information content (AvgIpc) is 3.27. The average molecular weight is 370 g/mol. The van der Waals surface area contributed by atoms with Crippen molar-refractivity contribution in [1.29, 1.82) is 0 Å². The van der Waals surface area contributed by atoms with E-state index >= 15 is 0 Å². The summed E-state index contributed by atoms with van der Waals surface area (Å²) in [7, 11) is 0. The molecule has 1 aromatic rings. The first-order valence-electron chi connectivity index (χ1n) is 11.0. The number of rotatable bonds is 1. The lowest BCUT2D eigenvalue weighted by Gasteiger charge is -2.58. The summed E-state index contributed by atoms with van der Waals surface area (Å²) >= 11 is 0. The van der Waals surface area contributed by atoms with E-state index in [-0.39, 0.29) is 17.3 Å². The Morgan fingerprint density at radius 3 is 2.67 bits per heavy atom. The third-order valence-corrected chi connectivity index (χ3v) is 9.51. The van der Waals surface area contributed by atoms with Crippen LogP contribution in [0.5, 0.6) is 0 Å². The van der Waals surface area contributed by atoms with Gasteiger partial charge in [0.15, 0.2) is 0 Å². The van der Waals surface area contributed by atoms with Gasteiger partial charge in [-0.25, -0.2) is 4.79 Å². The van der Waals surface area contributed by atoms with Crippen molar-refractivity contribution in [2.45, 2.75) is 82.0 Å². The van der Waals surface area contributed by atoms with Gasteiger partial charge in [0.1, 0.15) is 5.60 Å². The van der Waals surface area contributed by atoms with Crippen LogP contribution in [0.15, 0.2) is 27.6 Å². The zero-order valence-electron chi connectivity index (χ0n) is 16.1. The van der Waals surface area contributed by atoms with Gasteiger partial charge in [0, 0.05) is 6.07 Å². The highest BCUT2D eigenvalue weighted by atomic mass is 16.6. The summed E-state index contributed by atoms with van der Waals surface area (Å²) in [5.41, 5.74) is 1.40. The van der Waals surface area contributed by atoms with E-state index in [4.69, 9.17) is 9.15 Å². The van der Waals surface area contributed by atoms with Crippen LogP contribution < -0.4 is 5.63 Å². The third kappa shape index (κ3) is 2.15. The van der Waals surface area contributed by atoms with Crippen LogP contribution in [0.2, 0.25) is 0 Å². The molecule has 4 saturated carbocycles. The summed E-state index contributed by atoms with van der Waals surface area (Å²) in [6.45, 7) is 2.52. The maximum Gasteiger partial charge on any atom is 0.335 e. The second kappa shape index (κ2) is 5.48. The molecule has 0 aromatic carbocycles. The van der Waals surface area contributed by atoms with Gasteiger partial charge in [-0.1, -0.05) is 6.92 Å². The Labute approximate surface area is 160 Å². The van der Waals surface area contributed by atoms with Crippen molar-refractivity contribution in [3.8, 4) is 0 Å². The Kier molecular flexibility index (Phi) is 3.41. The van der Waals surface area contributed by atoms with E-state index in [0.717, 1.165) is 25.2 Å². The SMILES string of the molecule is C[C@]12CC[C@H](O)C[C@H]1CC[C@@H]1[C@@H]2CC[C@@H]2[C@@H](c3ccc(=O)oc3)C[C@H]3O[C@]213. The molecular formula is C23H30O4. The number of epoxide rings is 1. The highest BCUT2D eigenvalue weighted by Gasteiger charge is 2.75. The molecular weight excluding hydrogens is 340 g/mol. The van der Waals surface area contributed by atoms with Crippen LogP contribution in [0.4, 0.5) is 0 Å². The van der Waals surface area contributed by atoms with E-state index in [1.807, 2.05) is 6.07 Å². The predicted molar refractivity (Wildman–Crippen MR) is 100 cm³/mol. The molecule has 1 N–H and O–H groups in total. The molecule has 5 fully saturated rings. The molecule has 5 aliphatic rings. The van der Waals surface area contributed by atoms with E-state index in [0.29, 0.717) is 35.2 Å². The Morgan fingerprint density at radius 1 is 1.04 bits per heavy atom. The topological polar surface area (TPSA) is 63.0 Å². The van der Waals surface area contributed by atoms with Crippen molar-refractivity contribution in [2.75, 3.05) is 0 Å². The van der Waals surface area contributed by atoms with E-state index in [2.05, 4.69) is 6.92 Å². The van der Waals surface area contributed by atoms with Gasteiger partial charge in [-0.3, -0.25) is 0 Å². The van der Waals surface area contributed by atoms with Crippen LogP contribution in [-0.2, 0) is 4.74 Å². The molecule has 0 unspecified atom stereocenters. The van der Waals surface area contributed by atoms with Crippen LogP contribution >= 0.6 is 0 Å². The fraction of sp³-hybridized carbons (Fsp3) is 0.783. The molecule has 2 heterocycles. The minimum atomic E-state index is -0.262. The van der Waals surface area contributed by atoms with Crippen molar-refractivity contribution in [1.82, 2.24) is 0 Å². The van der Waals surface area contributed by atoms with Crippen LogP contribution in [0, 0.1) is 29.1 Å². The molecule has 0 bridgehead atoms. The van der Waals surface area contributed by atoms with Gasteiger partial charge in [-0.15, -0.1) is 0 Å². The number of hydrogen-bond donors (Lipinski definition) is 1. The number of aliphatic hydroxyl groups excluding tert-OH is 1. The van der Waals surface area contributed by atoms with Crippen molar-refractivity contribution in [3.05, 3.63) is 34.4 Å². The number of aliphatic hydroxyl groups is 1. The maximum atomic E-state index is 11.4. The fourth-order valence-electron chi connectivity index (χ4n) is 8.26. The molecule has 1 spiro atoms. The fourth-order valence-corrected chi connectivity index (χ4v) is 8.26.